The van der Waals surface area contributed by atoms with Crippen molar-refractivity contribution in [1.29, 1.82) is 0 Å². The Balaban J connectivity index is 2.27. The van der Waals surface area contributed by atoms with Gasteiger partial charge in [-0.3, -0.25) is 9.36 Å². The summed E-state index contributed by atoms with van der Waals surface area (Å²) in [5.41, 5.74) is 0.381. The summed E-state index contributed by atoms with van der Waals surface area (Å²) in [6, 6.07) is 13.5. The highest BCUT2D eigenvalue weighted by Gasteiger charge is 2.20. The molecule has 128 valence electrons. The van der Waals surface area contributed by atoms with Crippen LogP contribution >= 0.6 is 11.6 Å². The smallest absolute Gasteiger partial charge is 0.404 e. The molecule has 0 saturated carbocycles. The first kappa shape index (κ1) is 16.9. The second kappa shape index (κ2) is 6.92. The fraction of sp³-hybridized carbons (Fsp3) is 0.118. The Kier molecular flexibility index (Phi) is 4.69. The zero-order chi connectivity index (χ0) is 18.0. The van der Waals surface area contributed by atoms with Gasteiger partial charge >= 0.3 is 6.09 Å². The third-order valence-corrected chi connectivity index (χ3v) is 3.95. The molecule has 0 aliphatic heterocycles. The van der Waals surface area contributed by atoms with E-state index in [0.717, 1.165) is 0 Å². The average Bonchev–Trinajstić information content (AvgIpc) is 2.60. The number of carboxylic acid groups (broad SMARTS) is 1. The van der Waals surface area contributed by atoms with E-state index in [-0.39, 0.29) is 22.8 Å². The Bertz CT molecular complexity index is 988. The molecule has 8 heteroatoms. The highest BCUT2D eigenvalue weighted by atomic mass is 35.5. The Morgan fingerprint density at radius 2 is 1.92 bits per heavy atom. The fourth-order valence-corrected chi connectivity index (χ4v) is 2.78. The number of hydrogen-bond acceptors (Lipinski definition) is 4. The van der Waals surface area contributed by atoms with Crippen molar-refractivity contribution in [2.24, 2.45) is 0 Å². The molecule has 0 aliphatic rings. The maximum Gasteiger partial charge on any atom is 0.404 e. The van der Waals surface area contributed by atoms with Crippen LogP contribution in [0.25, 0.3) is 16.6 Å². The molecule has 0 radical (unpaired) electrons. The summed E-state index contributed by atoms with van der Waals surface area (Å²) in [7, 11) is 0. The van der Waals surface area contributed by atoms with Crippen LogP contribution in [-0.2, 0) is 0 Å². The van der Waals surface area contributed by atoms with E-state index in [1.165, 1.54) is 4.57 Å². The van der Waals surface area contributed by atoms with Crippen molar-refractivity contribution in [3.8, 4) is 5.69 Å². The van der Waals surface area contributed by atoms with Gasteiger partial charge in [0, 0.05) is 0 Å². The first-order valence-electron chi connectivity index (χ1n) is 7.40. The number of fused-ring (bicyclic) bond motifs is 1. The van der Waals surface area contributed by atoms with Gasteiger partial charge < -0.3 is 15.5 Å². The first-order valence-corrected chi connectivity index (χ1v) is 7.78. The van der Waals surface area contributed by atoms with Gasteiger partial charge in [0.05, 0.1) is 28.2 Å². The fourth-order valence-electron chi connectivity index (χ4n) is 2.53. The molecule has 3 aromatic rings. The monoisotopic (exact) mass is 359 g/mol. The second-order valence-electron chi connectivity index (χ2n) is 5.28. The van der Waals surface area contributed by atoms with Gasteiger partial charge in [0.1, 0.15) is 11.9 Å². The van der Waals surface area contributed by atoms with Crippen LogP contribution in [0.5, 0.6) is 0 Å². The van der Waals surface area contributed by atoms with Gasteiger partial charge in [-0.25, -0.2) is 9.78 Å². The number of para-hydroxylation sites is 1. The number of amides is 1. The number of aromatic nitrogens is 2. The average molecular weight is 360 g/mol. The molecule has 7 nitrogen and oxygen atoms in total. The van der Waals surface area contributed by atoms with E-state index in [9.17, 15) is 14.7 Å². The predicted octanol–water partition coefficient (Wildman–Crippen LogP) is 2.34. The number of nitrogens with zero attached hydrogens (tertiary/aromatic N) is 2. The molecule has 25 heavy (non-hydrogen) atoms. The number of hydrogen-bond donors (Lipinski definition) is 3. The Labute approximate surface area is 147 Å². The number of benzene rings is 2. The van der Waals surface area contributed by atoms with E-state index in [0.29, 0.717) is 11.2 Å². The lowest BCUT2D eigenvalue weighted by Gasteiger charge is -2.18. The number of halogens is 1. The normalized spacial score (nSPS) is 12.1. The molecule has 1 aromatic heterocycles. The standard InChI is InChI=1S/C17H14ClN3O4/c18-11-7-4-8-12-14(11)16(23)21(10-5-2-1-3-6-10)15(20-12)13(22)9-19-17(24)25/h1-8,13,19,22H,9H2,(H,24,25). The van der Waals surface area contributed by atoms with Crippen LogP contribution in [0.15, 0.2) is 53.3 Å². The summed E-state index contributed by atoms with van der Waals surface area (Å²) < 4.78 is 1.24. The topological polar surface area (TPSA) is 104 Å². The van der Waals surface area contributed by atoms with E-state index in [1.54, 1.807) is 48.5 Å². The zero-order valence-electron chi connectivity index (χ0n) is 12.9. The van der Waals surface area contributed by atoms with Gasteiger partial charge in [-0.1, -0.05) is 35.9 Å². The molecule has 0 bridgehead atoms. The zero-order valence-corrected chi connectivity index (χ0v) is 13.6. The van der Waals surface area contributed by atoms with Crippen LogP contribution in [0.3, 0.4) is 0 Å². The summed E-state index contributed by atoms with van der Waals surface area (Å²) in [4.78, 5) is 28.0. The molecule has 1 heterocycles. The van der Waals surface area contributed by atoms with Gasteiger partial charge in [-0.05, 0) is 24.3 Å². The highest BCUT2D eigenvalue weighted by Crippen LogP contribution is 2.22. The second-order valence-corrected chi connectivity index (χ2v) is 5.69. The van der Waals surface area contributed by atoms with Crippen LogP contribution in [0.4, 0.5) is 4.79 Å². The third kappa shape index (κ3) is 3.33. The minimum absolute atomic E-state index is 0.0275. The minimum atomic E-state index is -1.31. The SMILES string of the molecule is O=C(O)NCC(O)c1nc2cccc(Cl)c2c(=O)n1-c1ccccc1. The summed E-state index contributed by atoms with van der Waals surface area (Å²) in [5.74, 6) is 0.0275. The van der Waals surface area contributed by atoms with Crippen LogP contribution in [0.1, 0.15) is 11.9 Å². The number of carbonyl (C=O) groups is 1. The summed E-state index contributed by atoms with van der Waals surface area (Å²) in [6.07, 6.45) is -2.59. The number of rotatable bonds is 4. The van der Waals surface area contributed by atoms with Gasteiger partial charge in [0.15, 0.2) is 0 Å². The van der Waals surface area contributed by atoms with Crippen molar-refractivity contribution in [3.63, 3.8) is 0 Å². The molecule has 1 unspecified atom stereocenters. The molecule has 1 atom stereocenters. The van der Waals surface area contributed by atoms with Crippen LogP contribution < -0.4 is 10.9 Å². The molecule has 0 saturated heterocycles. The van der Waals surface area contributed by atoms with Crippen molar-refractivity contribution in [2.45, 2.75) is 6.10 Å². The van der Waals surface area contributed by atoms with Crippen LogP contribution in [-0.4, -0.2) is 32.4 Å². The minimum Gasteiger partial charge on any atom is -0.465 e. The maximum absolute atomic E-state index is 13.0. The lowest BCUT2D eigenvalue weighted by Crippen LogP contribution is -2.32. The molecule has 0 spiro atoms. The van der Waals surface area contributed by atoms with Gasteiger partial charge in [-0.2, -0.15) is 0 Å². The third-order valence-electron chi connectivity index (χ3n) is 3.63. The van der Waals surface area contributed by atoms with E-state index in [4.69, 9.17) is 16.7 Å². The molecule has 3 N–H and O–H groups in total. The Morgan fingerprint density at radius 3 is 2.60 bits per heavy atom. The Morgan fingerprint density at radius 1 is 1.20 bits per heavy atom. The molecule has 0 fully saturated rings. The Hall–Kier alpha value is -2.90. The summed E-state index contributed by atoms with van der Waals surface area (Å²) >= 11 is 6.15. The van der Waals surface area contributed by atoms with Crippen molar-refractivity contribution < 1.29 is 15.0 Å². The quantitative estimate of drug-likeness (QED) is 0.663. The van der Waals surface area contributed by atoms with Crippen molar-refractivity contribution in [2.75, 3.05) is 6.54 Å². The van der Waals surface area contributed by atoms with Gasteiger partial charge in [0.2, 0.25) is 0 Å². The van der Waals surface area contributed by atoms with Gasteiger partial charge in [0.25, 0.3) is 5.56 Å². The van der Waals surface area contributed by atoms with Gasteiger partial charge in [-0.15, -0.1) is 0 Å². The van der Waals surface area contributed by atoms with Crippen molar-refractivity contribution in [3.05, 3.63) is 69.7 Å². The maximum atomic E-state index is 13.0. The van der Waals surface area contributed by atoms with Crippen molar-refractivity contribution in [1.82, 2.24) is 14.9 Å². The van der Waals surface area contributed by atoms with E-state index < -0.39 is 17.8 Å². The molecule has 3 rings (SSSR count). The van der Waals surface area contributed by atoms with E-state index in [1.807, 2.05) is 0 Å². The van der Waals surface area contributed by atoms with Crippen molar-refractivity contribution >= 4 is 28.6 Å². The largest absolute Gasteiger partial charge is 0.465 e. The van der Waals surface area contributed by atoms with Crippen LogP contribution in [0, 0.1) is 0 Å². The number of aliphatic hydroxyl groups is 1. The first-order chi connectivity index (χ1) is 12.0. The molecule has 2 aromatic carbocycles. The molecular weight excluding hydrogens is 346 g/mol. The van der Waals surface area contributed by atoms with E-state index in [2.05, 4.69) is 10.3 Å². The summed E-state index contributed by atoms with van der Waals surface area (Å²) in [6.45, 7) is -0.305. The van der Waals surface area contributed by atoms with Crippen LogP contribution in [0.2, 0.25) is 5.02 Å². The van der Waals surface area contributed by atoms with E-state index >= 15 is 0 Å². The number of aliphatic hydroxyl groups excluding tert-OH is 1. The summed E-state index contributed by atoms with van der Waals surface area (Å²) in [5, 5.41) is 21.7. The lowest BCUT2D eigenvalue weighted by molar-refractivity contribution is 0.150. The molecule has 1 amide bonds. The molecule has 0 aliphatic carbocycles. The number of nitrogens with one attached hydrogen (secondary N) is 1. The lowest BCUT2D eigenvalue weighted by atomic mass is 10.2. The predicted molar refractivity (Wildman–Crippen MR) is 93.3 cm³/mol. The highest BCUT2D eigenvalue weighted by molar-refractivity contribution is 6.35. The molecular formula is C17H14ClN3O4.